The highest BCUT2D eigenvalue weighted by molar-refractivity contribution is 6.01. The molecule has 1 heterocycles. The molecule has 2 amide bonds. The quantitative estimate of drug-likeness (QED) is 0.658. The van der Waals surface area contributed by atoms with Crippen molar-refractivity contribution >= 4 is 11.8 Å². The maximum atomic E-state index is 11.8. The number of rotatable bonds is 4. The third kappa shape index (κ3) is 3.28. The normalized spacial score (nSPS) is 22.8. The number of imide groups is 1. The van der Waals surface area contributed by atoms with Gasteiger partial charge in [0.1, 0.15) is 0 Å². The molecule has 0 aliphatic carbocycles. The predicted molar refractivity (Wildman–Crippen MR) is 59.7 cm³/mol. The monoisotopic (exact) mass is 228 g/mol. The Labute approximate surface area is 95.8 Å². The van der Waals surface area contributed by atoms with E-state index in [0.717, 1.165) is 0 Å². The van der Waals surface area contributed by atoms with E-state index in [2.05, 4.69) is 5.32 Å². The van der Waals surface area contributed by atoms with Crippen LogP contribution in [0.15, 0.2) is 0 Å². The van der Waals surface area contributed by atoms with Crippen LogP contribution >= 0.6 is 0 Å². The van der Waals surface area contributed by atoms with Crippen molar-refractivity contribution < 1.29 is 14.7 Å². The molecule has 1 rings (SSSR count). The van der Waals surface area contributed by atoms with Crippen LogP contribution in [0.2, 0.25) is 0 Å². The topological polar surface area (TPSA) is 69.6 Å². The van der Waals surface area contributed by atoms with Crippen LogP contribution in [0, 0.1) is 0 Å². The van der Waals surface area contributed by atoms with Gasteiger partial charge in [-0.1, -0.05) is 6.92 Å². The smallest absolute Gasteiger partial charge is 0.246 e. The Bertz CT molecular complexity index is 283. The summed E-state index contributed by atoms with van der Waals surface area (Å²) in [6.45, 7) is 5.73. The summed E-state index contributed by atoms with van der Waals surface area (Å²) in [6, 6.07) is -0.264. The molecule has 1 fully saturated rings. The average Bonchev–Trinajstić information content (AvgIpc) is 2.16. The minimum absolute atomic E-state index is 0.178. The molecule has 1 unspecified atom stereocenters. The fourth-order valence-corrected chi connectivity index (χ4v) is 1.64. The molecule has 0 radical (unpaired) electrons. The zero-order chi connectivity index (χ0) is 12.3. The molecule has 5 heteroatoms. The molecule has 5 nitrogen and oxygen atoms in total. The highest BCUT2D eigenvalue weighted by atomic mass is 16.3. The number of hydrogen-bond acceptors (Lipinski definition) is 4. The molecule has 0 aromatic heterocycles. The van der Waals surface area contributed by atoms with Crippen LogP contribution in [0.3, 0.4) is 0 Å². The number of carbonyl (C=O) groups is 2. The maximum absolute atomic E-state index is 11.8. The van der Waals surface area contributed by atoms with Crippen LogP contribution < -0.4 is 5.32 Å². The van der Waals surface area contributed by atoms with Crippen LogP contribution in [-0.2, 0) is 9.59 Å². The van der Waals surface area contributed by atoms with E-state index < -0.39 is 5.60 Å². The minimum atomic E-state index is -0.854. The van der Waals surface area contributed by atoms with Gasteiger partial charge in [0.25, 0.3) is 0 Å². The van der Waals surface area contributed by atoms with Gasteiger partial charge in [-0.3, -0.25) is 19.8 Å². The second-order valence-corrected chi connectivity index (χ2v) is 4.79. The number of aliphatic hydroxyl groups is 1. The summed E-state index contributed by atoms with van der Waals surface area (Å²) in [7, 11) is 0. The highest BCUT2D eigenvalue weighted by Crippen LogP contribution is 2.12. The first-order valence-electron chi connectivity index (χ1n) is 5.65. The Morgan fingerprint density at radius 3 is 2.62 bits per heavy atom. The number of piperazine rings is 1. The molecule has 16 heavy (non-hydrogen) atoms. The lowest BCUT2D eigenvalue weighted by Gasteiger charge is -2.32. The van der Waals surface area contributed by atoms with E-state index in [1.54, 1.807) is 13.8 Å². The van der Waals surface area contributed by atoms with Crippen molar-refractivity contribution in [3.8, 4) is 0 Å². The molecule has 0 saturated carbocycles. The van der Waals surface area contributed by atoms with Gasteiger partial charge in [0.2, 0.25) is 11.8 Å². The van der Waals surface area contributed by atoms with Crippen LogP contribution in [-0.4, -0.2) is 46.6 Å². The third-order valence-corrected chi connectivity index (χ3v) is 2.72. The van der Waals surface area contributed by atoms with Gasteiger partial charge in [-0.15, -0.1) is 0 Å². The number of nitrogens with one attached hydrogen (secondary N) is 1. The molecule has 0 aromatic rings. The van der Waals surface area contributed by atoms with Gasteiger partial charge in [0.05, 0.1) is 18.2 Å². The number of hydrogen-bond donors (Lipinski definition) is 2. The molecule has 1 aliphatic heterocycles. The molecule has 1 aliphatic rings. The van der Waals surface area contributed by atoms with Gasteiger partial charge in [-0.2, -0.15) is 0 Å². The molecule has 2 N–H and O–H groups in total. The van der Waals surface area contributed by atoms with Crippen LogP contribution in [0.4, 0.5) is 0 Å². The van der Waals surface area contributed by atoms with E-state index in [9.17, 15) is 14.7 Å². The van der Waals surface area contributed by atoms with E-state index >= 15 is 0 Å². The predicted octanol–water partition coefficient (Wildman–Crippen LogP) is -0.116. The van der Waals surface area contributed by atoms with Crippen molar-refractivity contribution in [3.63, 3.8) is 0 Å². The number of nitrogens with zero attached hydrogens (tertiary/aromatic N) is 1. The second kappa shape index (κ2) is 4.93. The molecule has 0 bridgehead atoms. The lowest BCUT2D eigenvalue weighted by molar-refractivity contribution is -0.149. The first-order valence-corrected chi connectivity index (χ1v) is 5.65. The Balaban J connectivity index is 2.61. The average molecular weight is 228 g/mol. The first-order chi connectivity index (χ1) is 7.35. The Morgan fingerprint density at radius 1 is 1.50 bits per heavy atom. The molecule has 1 saturated heterocycles. The fraction of sp³-hybridized carbons (Fsp3) is 0.818. The lowest BCUT2D eigenvalue weighted by atomic mass is 10.0. The fourth-order valence-electron chi connectivity index (χ4n) is 1.64. The van der Waals surface area contributed by atoms with Crippen LogP contribution in [0.25, 0.3) is 0 Å². The first kappa shape index (κ1) is 13.1. The van der Waals surface area contributed by atoms with Gasteiger partial charge >= 0.3 is 0 Å². The van der Waals surface area contributed by atoms with E-state index in [1.807, 2.05) is 6.92 Å². The summed E-state index contributed by atoms with van der Waals surface area (Å²) in [5, 5.41) is 12.5. The Kier molecular flexibility index (Phi) is 4.04. The van der Waals surface area contributed by atoms with E-state index in [-0.39, 0.29) is 24.4 Å². The molecule has 0 aromatic carbocycles. The van der Waals surface area contributed by atoms with Gasteiger partial charge in [0.15, 0.2) is 0 Å². The van der Waals surface area contributed by atoms with E-state index in [1.165, 1.54) is 4.90 Å². The maximum Gasteiger partial charge on any atom is 0.246 e. The Morgan fingerprint density at radius 2 is 2.12 bits per heavy atom. The molecular weight excluding hydrogens is 208 g/mol. The second-order valence-electron chi connectivity index (χ2n) is 4.79. The van der Waals surface area contributed by atoms with Crippen molar-refractivity contribution in [1.82, 2.24) is 10.2 Å². The van der Waals surface area contributed by atoms with Crippen molar-refractivity contribution in [2.45, 2.75) is 45.3 Å². The van der Waals surface area contributed by atoms with Crippen molar-refractivity contribution in [3.05, 3.63) is 0 Å². The van der Waals surface area contributed by atoms with Gasteiger partial charge in [-0.05, 0) is 26.7 Å². The van der Waals surface area contributed by atoms with Crippen molar-refractivity contribution in [2.75, 3.05) is 13.1 Å². The van der Waals surface area contributed by atoms with E-state index in [4.69, 9.17) is 0 Å². The van der Waals surface area contributed by atoms with Gasteiger partial charge in [-0.25, -0.2) is 0 Å². The summed E-state index contributed by atoms with van der Waals surface area (Å²) in [5.74, 6) is -0.387. The highest BCUT2D eigenvalue weighted by Gasteiger charge is 2.33. The van der Waals surface area contributed by atoms with Crippen LogP contribution in [0.5, 0.6) is 0 Å². The Hall–Kier alpha value is -0.940. The summed E-state index contributed by atoms with van der Waals surface area (Å²) in [6.07, 6.45) is 1.08. The SMILES string of the molecule is CCC1NCC(=O)N(CCC(C)(C)O)C1=O. The van der Waals surface area contributed by atoms with E-state index in [0.29, 0.717) is 19.4 Å². The standard InChI is InChI=1S/C11H20N2O3/c1-4-8-10(15)13(9(14)7-12-8)6-5-11(2,3)16/h8,12,16H,4-7H2,1-3H3. The minimum Gasteiger partial charge on any atom is -0.390 e. The van der Waals surface area contributed by atoms with Gasteiger partial charge in [0, 0.05) is 6.54 Å². The summed E-state index contributed by atoms with van der Waals surface area (Å²) in [4.78, 5) is 24.6. The van der Waals surface area contributed by atoms with Crippen molar-refractivity contribution in [2.24, 2.45) is 0 Å². The van der Waals surface area contributed by atoms with Gasteiger partial charge < -0.3 is 5.11 Å². The summed E-state index contributed by atoms with van der Waals surface area (Å²) >= 11 is 0. The van der Waals surface area contributed by atoms with Crippen LogP contribution in [0.1, 0.15) is 33.6 Å². The zero-order valence-electron chi connectivity index (χ0n) is 10.1. The molecule has 0 spiro atoms. The third-order valence-electron chi connectivity index (χ3n) is 2.72. The molecule has 92 valence electrons. The van der Waals surface area contributed by atoms with Crippen molar-refractivity contribution in [1.29, 1.82) is 0 Å². The lowest BCUT2D eigenvalue weighted by Crippen LogP contribution is -2.58. The summed E-state index contributed by atoms with van der Waals surface area (Å²) < 4.78 is 0. The number of amides is 2. The molecule has 1 atom stereocenters. The number of carbonyl (C=O) groups excluding carboxylic acids is 2. The summed E-state index contributed by atoms with van der Waals surface area (Å²) in [5.41, 5.74) is -0.854. The molecular formula is C11H20N2O3. The largest absolute Gasteiger partial charge is 0.390 e. The zero-order valence-corrected chi connectivity index (χ0v) is 10.1.